The first kappa shape index (κ1) is 17.5. The number of anilines is 1. The second-order valence-electron chi connectivity index (χ2n) is 5.71. The summed E-state index contributed by atoms with van der Waals surface area (Å²) in [5.74, 6) is 1.26. The molecule has 1 N–H and O–H groups in total. The third kappa shape index (κ3) is 4.86. The Hall–Kier alpha value is -3.27. The normalized spacial score (nSPS) is 10.2. The Morgan fingerprint density at radius 3 is 2.35 bits per heavy atom. The van der Waals surface area contributed by atoms with E-state index in [1.165, 1.54) is 0 Å². The van der Waals surface area contributed by atoms with Crippen LogP contribution in [0.1, 0.15) is 22.8 Å². The number of nitrogens with one attached hydrogen (secondary N) is 1. The highest BCUT2D eigenvalue weighted by molar-refractivity contribution is 6.04. The van der Waals surface area contributed by atoms with Gasteiger partial charge in [0.2, 0.25) is 0 Å². The van der Waals surface area contributed by atoms with Crippen molar-refractivity contribution in [1.29, 1.82) is 0 Å². The van der Waals surface area contributed by atoms with Gasteiger partial charge >= 0.3 is 0 Å². The summed E-state index contributed by atoms with van der Waals surface area (Å²) in [5, 5.41) is 2.88. The summed E-state index contributed by atoms with van der Waals surface area (Å²) in [6, 6.07) is 24.4. The molecule has 0 radical (unpaired) electrons. The van der Waals surface area contributed by atoms with Crippen LogP contribution >= 0.6 is 0 Å². The molecule has 0 saturated carbocycles. The number of hydrogen-bond acceptors (Lipinski definition) is 3. The van der Waals surface area contributed by atoms with Crippen LogP contribution in [0.5, 0.6) is 11.5 Å². The minimum atomic E-state index is -0.181. The van der Waals surface area contributed by atoms with Crippen molar-refractivity contribution in [2.75, 3.05) is 11.9 Å². The van der Waals surface area contributed by atoms with Gasteiger partial charge in [-0.25, -0.2) is 0 Å². The van der Waals surface area contributed by atoms with Crippen LogP contribution in [0.25, 0.3) is 0 Å². The smallest absolute Gasteiger partial charge is 0.255 e. The molecule has 3 rings (SSSR count). The van der Waals surface area contributed by atoms with Gasteiger partial charge < -0.3 is 14.8 Å². The summed E-state index contributed by atoms with van der Waals surface area (Å²) in [6.45, 7) is 3.01. The minimum absolute atomic E-state index is 0.181. The van der Waals surface area contributed by atoms with E-state index in [1.807, 2.05) is 73.7 Å². The van der Waals surface area contributed by atoms with Gasteiger partial charge in [-0.15, -0.1) is 0 Å². The van der Waals surface area contributed by atoms with E-state index in [2.05, 4.69) is 5.32 Å². The van der Waals surface area contributed by atoms with Crippen LogP contribution in [0.15, 0.2) is 78.9 Å². The molecule has 132 valence electrons. The number of benzene rings is 3. The van der Waals surface area contributed by atoms with E-state index in [4.69, 9.17) is 9.47 Å². The molecular weight excluding hydrogens is 326 g/mol. The lowest BCUT2D eigenvalue weighted by atomic mass is 10.2. The van der Waals surface area contributed by atoms with Gasteiger partial charge in [-0.2, -0.15) is 0 Å². The first-order valence-corrected chi connectivity index (χ1v) is 8.55. The van der Waals surface area contributed by atoms with Crippen LogP contribution in [-0.4, -0.2) is 12.5 Å². The first-order valence-electron chi connectivity index (χ1n) is 8.55. The molecule has 1 amide bonds. The Kier molecular flexibility index (Phi) is 5.88. The van der Waals surface area contributed by atoms with Crippen LogP contribution in [0.4, 0.5) is 5.69 Å². The number of carbonyl (C=O) groups excluding carboxylic acids is 1. The van der Waals surface area contributed by atoms with E-state index in [0.29, 0.717) is 30.2 Å². The fourth-order valence-corrected chi connectivity index (χ4v) is 2.47. The third-order valence-electron chi connectivity index (χ3n) is 3.77. The highest BCUT2D eigenvalue weighted by Crippen LogP contribution is 2.19. The van der Waals surface area contributed by atoms with Gasteiger partial charge in [-0.3, -0.25) is 4.79 Å². The lowest BCUT2D eigenvalue weighted by Gasteiger charge is -2.09. The van der Waals surface area contributed by atoms with Crippen molar-refractivity contribution < 1.29 is 14.3 Å². The molecule has 0 fully saturated rings. The third-order valence-corrected chi connectivity index (χ3v) is 3.77. The molecule has 0 aliphatic carbocycles. The number of ether oxygens (including phenoxy) is 2. The number of amides is 1. The molecule has 3 aromatic carbocycles. The molecule has 3 aromatic rings. The predicted molar refractivity (Wildman–Crippen MR) is 103 cm³/mol. The number of hydrogen-bond donors (Lipinski definition) is 1. The summed E-state index contributed by atoms with van der Waals surface area (Å²) in [4.78, 5) is 12.5. The predicted octanol–water partition coefficient (Wildman–Crippen LogP) is 4.92. The maximum absolute atomic E-state index is 12.5. The second-order valence-corrected chi connectivity index (χ2v) is 5.71. The quantitative estimate of drug-likeness (QED) is 0.660. The van der Waals surface area contributed by atoms with E-state index in [0.717, 1.165) is 11.3 Å². The lowest BCUT2D eigenvalue weighted by Crippen LogP contribution is -2.12. The molecule has 0 heterocycles. The van der Waals surface area contributed by atoms with Crippen molar-refractivity contribution in [3.8, 4) is 11.5 Å². The fourth-order valence-electron chi connectivity index (χ4n) is 2.47. The van der Waals surface area contributed by atoms with Gasteiger partial charge in [0.1, 0.15) is 18.1 Å². The summed E-state index contributed by atoms with van der Waals surface area (Å²) in [7, 11) is 0. The van der Waals surface area contributed by atoms with Crippen LogP contribution in [0.2, 0.25) is 0 Å². The lowest BCUT2D eigenvalue weighted by molar-refractivity contribution is 0.102. The Morgan fingerprint density at radius 2 is 1.62 bits per heavy atom. The van der Waals surface area contributed by atoms with Gasteiger partial charge in [-0.1, -0.05) is 36.4 Å². The highest BCUT2D eigenvalue weighted by atomic mass is 16.5. The Labute approximate surface area is 153 Å². The maximum Gasteiger partial charge on any atom is 0.255 e. The highest BCUT2D eigenvalue weighted by Gasteiger charge is 2.08. The summed E-state index contributed by atoms with van der Waals surface area (Å²) in [5.41, 5.74) is 2.34. The van der Waals surface area contributed by atoms with Crippen LogP contribution in [0.3, 0.4) is 0 Å². The van der Waals surface area contributed by atoms with Crippen LogP contribution in [0, 0.1) is 0 Å². The topological polar surface area (TPSA) is 47.6 Å². The molecule has 0 saturated heterocycles. The molecule has 0 unspecified atom stereocenters. The van der Waals surface area contributed by atoms with Crippen molar-refractivity contribution in [2.45, 2.75) is 13.5 Å². The van der Waals surface area contributed by atoms with Gasteiger partial charge in [0.05, 0.1) is 6.61 Å². The maximum atomic E-state index is 12.5. The zero-order valence-corrected chi connectivity index (χ0v) is 14.6. The van der Waals surface area contributed by atoms with Crippen molar-refractivity contribution in [2.24, 2.45) is 0 Å². The fraction of sp³-hybridized carbons (Fsp3) is 0.136. The Morgan fingerprint density at radius 1 is 0.846 bits per heavy atom. The standard InChI is InChI=1S/C22H21NO3/c1-2-25-20-13-11-19(12-14-20)23-22(24)18-9-6-10-21(15-18)26-16-17-7-4-3-5-8-17/h3-15H,2,16H2,1H3,(H,23,24). The Balaban J connectivity index is 1.62. The average Bonchev–Trinajstić information content (AvgIpc) is 2.69. The molecule has 0 aliphatic rings. The van der Waals surface area contributed by atoms with Crippen molar-refractivity contribution in [3.05, 3.63) is 90.0 Å². The van der Waals surface area contributed by atoms with Crippen molar-refractivity contribution in [1.82, 2.24) is 0 Å². The van der Waals surface area contributed by atoms with Gasteiger partial charge in [0.15, 0.2) is 0 Å². The monoisotopic (exact) mass is 347 g/mol. The zero-order chi connectivity index (χ0) is 18.2. The summed E-state index contributed by atoms with van der Waals surface area (Å²) >= 11 is 0. The first-order chi connectivity index (χ1) is 12.7. The minimum Gasteiger partial charge on any atom is -0.494 e. The zero-order valence-electron chi connectivity index (χ0n) is 14.6. The molecule has 0 aliphatic heterocycles. The van der Waals surface area contributed by atoms with E-state index in [-0.39, 0.29) is 5.91 Å². The van der Waals surface area contributed by atoms with Gasteiger partial charge in [-0.05, 0) is 55.0 Å². The Bertz CT molecular complexity index is 845. The van der Waals surface area contributed by atoms with Gasteiger partial charge in [0.25, 0.3) is 5.91 Å². The molecule has 4 nitrogen and oxygen atoms in total. The van der Waals surface area contributed by atoms with Crippen LogP contribution in [-0.2, 0) is 6.61 Å². The SMILES string of the molecule is CCOc1ccc(NC(=O)c2cccc(OCc3ccccc3)c2)cc1. The molecule has 4 heteroatoms. The van der Waals surface area contributed by atoms with Crippen LogP contribution < -0.4 is 14.8 Å². The molecular formula is C22H21NO3. The molecule has 0 aromatic heterocycles. The molecule has 0 bridgehead atoms. The summed E-state index contributed by atoms with van der Waals surface area (Å²) < 4.78 is 11.2. The number of carbonyl (C=O) groups is 1. The number of rotatable bonds is 7. The van der Waals surface area contributed by atoms with E-state index in [1.54, 1.807) is 12.1 Å². The van der Waals surface area contributed by atoms with E-state index < -0.39 is 0 Å². The van der Waals surface area contributed by atoms with E-state index >= 15 is 0 Å². The average molecular weight is 347 g/mol. The van der Waals surface area contributed by atoms with Crippen molar-refractivity contribution >= 4 is 11.6 Å². The second kappa shape index (κ2) is 8.72. The largest absolute Gasteiger partial charge is 0.494 e. The van der Waals surface area contributed by atoms with Crippen molar-refractivity contribution in [3.63, 3.8) is 0 Å². The van der Waals surface area contributed by atoms with E-state index in [9.17, 15) is 4.79 Å². The molecule has 0 atom stereocenters. The summed E-state index contributed by atoms with van der Waals surface area (Å²) in [6.07, 6.45) is 0. The molecule has 26 heavy (non-hydrogen) atoms. The van der Waals surface area contributed by atoms with Gasteiger partial charge in [0, 0.05) is 11.3 Å². The molecule has 0 spiro atoms.